The minimum atomic E-state index is -0.130. The molecule has 1 aromatic carbocycles. The summed E-state index contributed by atoms with van der Waals surface area (Å²) in [6.07, 6.45) is 0. The highest BCUT2D eigenvalue weighted by Crippen LogP contribution is 2.14. The zero-order chi connectivity index (χ0) is 14.5. The molecule has 2 rings (SSSR count). The fraction of sp³-hybridized carbons (Fsp3) is 0.429. The van der Waals surface area contributed by atoms with Crippen LogP contribution in [0.5, 0.6) is 0 Å². The zero-order valence-corrected chi connectivity index (χ0v) is 12.5. The molecule has 0 radical (unpaired) electrons. The molecule has 0 spiro atoms. The Balaban J connectivity index is 2.06. The van der Waals surface area contributed by atoms with Crippen LogP contribution in [0.4, 0.5) is 0 Å². The Kier molecular flexibility index (Phi) is 5.11. The second-order valence-electron chi connectivity index (χ2n) is 4.75. The van der Waals surface area contributed by atoms with E-state index in [0.717, 1.165) is 19.6 Å². The van der Waals surface area contributed by atoms with Crippen LogP contribution < -0.4 is 10.9 Å². The van der Waals surface area contributed by atoms with Crippen molar-refractivity contribution in [2.45, 2.75) is 13.5 Å². The summed E-state index contributed by atoms with van der Waals surface area (Å²) < 4.78 is 0. The van der Waals surface area contributed by atoms with E-state index in [0.29, 0.717) is 28.3 Å². The smallest absolute Gasteiger partial charge is 0.258 e. The van der Waals surface area contributed by atoms with Crippen LogP contribution in [0.2, 0.25) is 5.02 Å². The van der Waals surface area contributed by atoms with Crippen LogP contribution in [0.15, 0.2) is 23.0 Å². The van der Waals surface area contributed by atoms with Gasteiger partial charge in [0.25, 0.3) is 5.56 Å². The van der Waals surface area contributed by atoms with Crippen molar-refractivity contribution in [2.75, 3.05) is 26.7 Å². The summed E-state index contributed by atoms with van der Waals surface area (Å²) in [7, 11) is 2.07. The second-order valence-corrected chi connectivity index (χ2v) is 5.18. The Bertz CT molecular complexity index is 641. The van der Waals surface area contributed by atoms with E-state index in [9.17, 15) is 4.79 Å². The Morgan fingerprint density at radius 1 is 1.45 bits per heavy atom. The molecule has 0 aliphatic carbocycles. The van der Waals surface area contributed by atoms with E-state index < -0.39 is 0 Å². The number of H-pyrrole nitrogens is 1. The standard InChI is InChI=1S/C14H19ClN4O/c1-3-19(2)7-6-16-9-13-17-12-8-10(15)4-5-11(12)14(20)18-13/h4-5,8,16H,3,6-7,9H2,1-2H3,(H,17,18,20). The van der Waals surface area contributed by atoms with E-state index in [1.165, 1.54) is 0 Å². The lowest BCUT2D eigenvalue weighted by Crippen LogP contribution is -2.29. The number of halogens is 1. The van der Waals surface area contributed by atoms with Crippen molar-refractivity contribution in [1.29, 1.82) is 0 Å². The van der Waals surface area contributed by atoms with Crippen molar-refractivity contribution in [3.05, 3.63) is 39.4 Å². The maximum Gasteiger partial charge on any atom is 0.258 e. The van der Waals surface area contributed by atoms with Gasteiger partial charge in [-0.3, -0.25) is 4.79 Å². The predicted molar refractivity (Wildman–Crippen MR) is 82.3 cm³/mol. The van der Waals surface area contributed by atoms with Crippen LogP contribution in [0, 0.1) is 0 Å². The number of hydrogen-bond donors (Lipinski definition) is 2. The third-order valence-corrected chi connectivity index (χ3v) is 3.46. The van der Waals surface area contributed by atoms with Gasteiger partial charge in [-0.15, -0.1) is 0 Å². The topological polar surface area (TPSA) is 61.0 Å². The normalized spacial score (nSPS) is 11.4. The first-order valence-electron chi connectivity index (χ1n) is 6.68. The first-order chi connectivity index (χ1) is 9.60. The molecule has 108 valence electrons. The van der Waals surface area contributed by atoms with E-state index >= 15 is 0 Å². The summed E-state index contributed by atoms with van der Waals surface area (Å²) in [4.78, 5) is 21.3. The highest BCUT2D eigenvalue weighted by atomic mass is 35.5. The molecule has 0 atom stereocenters. The van der Waals surface area contributed by atoms with Gasteiger partial charge in [-0.05, 0) is 31.8 Å². The van der Waals surface area contributed by atoms with Gasteiger partial charge in [-0.25, -0.2) is 4.98 Å². The minimum Gasteiger partial charge on any atom is -0.309 e. The van der Waals surface area contributed by atoms with Gasteiger partial charge < -0.3 is 15.2 Å². The fourth-order valence-electron chi connectivity index (χ4n) is 1.88. The lowest BCUT2D eigenvalue weighted by molar-refractivity contribution is 0.348. The molecule has 0 amide bonds. The van der Waals surface area contributed by atoms with Crippen LogP contribution in [0.3, 0.4) is 0 Å². The Labute approximate surface area is 123 Å². The number of benzene rings is 1. The number of nitrogens with one attached hydrogen (secondary N) is 2. The van der Waals surface area contributed by atoms with E-state index in [1.54, 1.807) is 18.2 Å². The number of aromatic nitrogens is 2. The van der Waals surface area contributed by atoms with Crippen molar-refractivity contribution < 1.29 is 0 Å². The number of fused-ring (bicyclic) bond motifs is 1. The summed E-state index contributed by atoms with van der Waals surface area (Å²) >= 11 is 5.93. The third-order valence-electron chi connectivity index (χ3n) is 3.22. The summed E-state index contributed by atoms with van der Waals surface area (Å²) in [5, 5.41) is 4.41. The van der Waals surface area contributed by atoms with Gasteiger partial charge in [0.05, 0.1) is 17.4 Å². The maximum atomic E-state index is 11.9. The molecule has 1 heterocycles. The number of hydrogen-bond acceptors (Lipinski definition) is 4. The molecule has 0 aliphatic heterocycles. The highest BCUT2D eigenvalue weighted by Gasteiger charge is 2.04. The molecule has 0 saturated carbocycles. The van der Waals surface area contributed by atoms with Gasteiger partial charge in [0, 0.05) is 18.1 Å². The lowest BCUT2D eigenvalue weighted by Gasteiger charge is -2.13. The van der Waals surface area contributed by atoms with Crippen molar-refractivity contribution >= 4 is 22.5 Å². The molecule has 2 aromatic rings. The molecule has 0 unspecified atom stereocenters. The summed E-state index contributed by atoms with van der Waals surface area (Å²) in [5.74, 6) is 0.629. The van der Waals surface area contributed by atoms with Crippen LogP contribution in [-0.2, 0) is 6.54 Å². The molecule has 20 heavy (non-hydrogen) atoms. The van der Waals surface area contributed by atoms with E-state index in [2.05, 4.69) is 34.2 Å². The second kappa shape index (κ2) is 6.83. The van der Waals surface area contributed by atoms with Crippen molar-refractivity contribution in [1.82, 2.24) is 20.2 Å². The predicted octanol–water partition coefficient (Wildman–Crippen LogP) is 1.62. The number of likely N-dealkylation sites (N-methyl/N-ethyl adjacent to an activating group) is 1. The third kappa shape index (κ3) is 3.79. The largest absolute Gasteiger partial charge is 0.309 e. The first kappa shape index (κ1) is 15.0. The van der Waals surface area contributed by atoms with Gasteiger partial charge in [0.2, 0.25) is 0 Å². The van der Waals surface area contributed by atoms with Crippen LogP contribution in [-0.4, -0.2) is 41.5 Å². The number of rotatable bonds is 6. The van der Waals surface area contributed by atoms with Crippen molar-refractivity contribution in [3.63, 3.8) is 0 Å². The fourth-order valence-corrected chi connectivity index (χ4v) is 2.05. The van der Waals surface area contributed by atoms with Gasteiger partial charge in [0.1, 0.15) is 5.82 Å². The molecule has 0 bridgehead atoms. The van der Waals surface area contributed by atoms with Gasteiger partial charge in [-0.1, -0.05) is 18.5 Å². The monoisotopic (exact) mass is 294 g/mol. The van der Waals surface area contributed by atoms with Gasteiger partial charge in [0.15, 0.2) is 0 Å². The molecule has 0 fully saturated rings. The molecule has 6 heteroatoms. The SMILES string of the molecule is CCN(C)CCNCc1nc2cc(Cl)ccc2c(=O)[nH]1. The van der Waals surface area contributed by atoms with Crippen LogP contribution in [0.25, 0.3) is 10.9 Å². The maximum absolute atomic E-state index is 11.9. The highest BCUT2D eigenvalue weighted by molar-refractivity contribution is 6.31. The van der Waals surface area contributed by atoms with E-state index in [1.807, 2.05) is 0 Å². The molecular weight excluding hydrogens is 276 g/mol. The molecule has 1 aromatic heterocycles. The minimum absolute atomic E-state index is 0.130. The van der Waals surface area contributed by atoms with Crippen molar-refractivity contribution in [3.8, 4) is 0 Å². The Morgan fingerprint density at radius 2 is 2.25 bits per heavy atom. The summed E-state index contributed by atoms with van der Waals surface area (Å²) in [6.45, 7) is 5.48. The van der Waals surface area contributed by atoms with E-state index in [4.69, 9.17) is 11.6 Å². The quantitative estimate of drug-likeness (QED) is 0.795. The van der Waals surface area contributed by atoms with Gasteiger partial charge in [-0.2, -0.15) is 0 Å². The average molecular weight is 295 g/mol. The van der Waals surface area contributed by atoms with Crippen LogP contribution in [0.1, 0.15) is 12.7 Å². The van der Waals surface area contributed by atoms with Crippen LogP contribution >= 0.6 is 11.6 Å². The Hall–Kier alpha value is -1.43. The molecule has 2 N–H and O–H groups in total. The summed E-state index contributed by atoms with van der Waals surface area (Å²) in [5.41, 5.74) is 0.498. The lowest BCUT2D eigenvalue weighted by atomic mass is 10.2. The Morgan fingerprint density at radius 3 is 3.00 bits per heavy atom. The molecule has 0 saturated heterocycles. The van der Waals surface area contributed by atoms with Crippen molar-refractivity contribution in [2.24, 2.45) is 0 Å². The molecule has 5 nitrogen and oxygen atoms in total. The average Bonchev–Trinajstić information content (AvgIpc) is 2.42. The number of aromatic amines is 1. The van der Waals surface area contributed by atoms with Gasteiger partial charge >= 0.3 is 0 Å². The zero-order valence-electron chi connectivity index (χ0n) is 11.7. The first-order valence-corrected chi connectivity index (χ1v) is 7.05. The number of nitrogens with zero attached hydrogens (tertiary/aromatic N) is 2. The van der Waals surface area contributed by atoms with E-state index in [-0.39, 0.29) is 5.56 Å². The summed E-state index contributed by atoms with van der Waals surface area (Å²) in [6, 6.07) is 5.09. The molecule has 0 aliphatic rings. The molecular formula is C14H19ClN4O.